The summed E-state index contributed by atoms with van der Waals surface area (Å²) in [5, 5.41) is 0. The van der Waals surface area contributed by atoms with E-state index in [2.05, 4.69) is 15.9 Å². The molecule has 0 aliphatic carbocycles. The monoisotopic (exact) mass is 332 g/mol. The minimum atomic E-state index is 0.106. The first kappa shape index (κ1) is 14.8. The van der Waals surface area contributed by atoms with E-state index >= 15 is 0 Å². The topological polar surface area (TPSA) is 26.3 Å². The minimum Gasteiger partial charge on any atom is -0.494 e. The summed E-state index contributed by atoms with van der Waals surface area (Å²) in [6.07, 6.45) is 0.416. The molecule has 3 heteroatoms. The van der Waals surface area contributed by atoms with Crippen LogP contribution in [0.2, 0.25) is 0 Å². The second kappa shape index (κ2) is 6.71. The summed E-state index contributed by atoms with van der Waals surface area (Å²) in [6, 6.07) is 13.5. The van der Waals surface area contributed by atoms with Gasteiger partial charge in [0.2, 0.25) is 0 Å². The Labute approximate surface area is 127 Å². The molecule has 20 heavy (non-hydrogen) atoms. The summed E-state index contributed by atoms with van der Waals surface area (Å²) in [7, 11) is 0. The van der Waals surface area contributed by atoms with Gasteiger partial charge in [0.05, 0.1) is 6.61 Å². The van der Waals surface area contributed by atoms with Crippen LogP contribution in [0.4, 0.5) is 0 Å². The van der Waals surface area contributed by atoms with Gasteiger partial charge in [-0.05, 0) is 59.1 Å². The van der Waals surface area contributed by atoms with Crippen molar-refractivity contribution in [1.29, 1.82) is 0 Å². The predicted molar refractivity (Wildman–Crippen MR) is 84.5 cm³/mol. The van der Waals surface area contributed by atoms with Gasteiger partial charge in [-0.3, -0.25) is 4.79 Å². The zero-order valence-corrected chi connectivity index (χ0v) is 13.2. The van der Waals surface area contributed by atoms with Crippen LogP contribution in [0.25, 0.3) is 0 Å². The highest BCUT2D eigenvalue weighted by molar-refractivity contribution is 9.10. The third-order valence-electron chi connectivity index (χ3n) is 3.16. The van der Waals surface area contributed by atoms with Crippen molar-refractivity contribution < 1.29 is 9.53 Å². The Hall–Kier alpha value is -1.61. The molecule has 2 aromatic carbocycles. The molecule has 0 spiro atoms. The lowest BCUT2D eigenvalue weighted by Gasteiger charge is -2.09. The Kier molecular flexibility index (Phi) is 4.96. The summed E-state index contributed by atoms with van der Waals surface area (Å²) in [5.74, 6) is 0.876. The van der Waals surface area contributed by atoms with Crippen LogP contribution in [0, 0.1) is 6.92 Å². The number of hydrogen-bond donors (Lipinski definition) is 0. The van der Waals surface area contributed by atoms with Crippen molar-refractivity contribution in [3.63, 3.8) is 0 Å². The van der Waals surface area contributed by atoms with Gasteiger partial charge in [0.15, 0.2) is 5.78 Å². The second-order valence-corrected chi connectivity index (χ2v) is 5.46. The van der Waals surface area contributed by atoms with Crippen molar-refractivity contribution in [3.05, 3.63) is 63.6 Å². The molecule has 2 aromatic rings. The molecule has 0 aliphatic heterocycles. The molecule has 2 rings (SSSR count). The summed E-state index contributed by atoms with van der Waals surface area (Å²) >= 11 is 3.45. The molecule has 0 atom stereocenters. The predicted octanol–water partition coefficient (Wildman–Crippen LogP) is 4.58. The summed E-state index contributed by atoms with van der Waals surface area (Å²) in [6.45, 7) is 4.57. The molecule has 0 saturated heterocycles. The van der Waals surface area contributed by atoms with Gasteiger partial charge >= 0.3 is 0 Å². The Bertz CT molecular complexity index is 620. The largest absolute Gasteiger partial charge is 0.494 e. The first-order valence-electron chi connectivity index (χ1n) is 6.62. The van der Waals surface area contributed by atoms with Crippen molar-refractivity contribution in [1.82, 2.24) is 0 Å². The first-order chi connectivity index (χ1) is 9.61. The van der Waals surface area contributed by atoms with E-state index in [4.69, 9.17) is 4.74 Å². The third kappa shape index (κ3) is 3.48. The van der Waals surface area contributed by atoms with E-state index in [1.54, 1.807) is 0 Å². The Balaban J connectivity index is 2.19. The molecule has 2 nitrogen and oxygen atoms in total. The highest BCUT2D eigenvalue weighted by Crippen LogP contribution is 2.24. The third-order valence-corrected chi connectivity index (χ3v) is 3.82. The lowest BCUT2D eigenvalue weighted by molar-refractivity contribution is 0.0992. The average molecular weight is 333 g/mol. The maximum atomic E-state index is 12.4. The smallest absolute Gasteiger partial charge is 0.168 e. The van der Waals surface area contributed by atoms with E-state index in [1.807, 2.05) is 56.3 Å². The van der Waals surface area contributed by atoms with E-state index < -0.39 is 0 Å². The second-order valence-electron chi connectivity index (χ2n) is 4.60. The van der Waals surface area contributed by atoms with Crippen LogP contribution in [0.3, 0.4) is 0 Å². The number of benzene rings is 2. The van der Waals surface area contributed by atoms with Crippen LogP contribution < -0.4 is 4.74 Å². The number of carbonyl (C=O) groups is 1. The van der Waals surface area contributed by atoms with E-state index in [1.165, 1.54) is 0 Å². The number of aryl methyl sites for hydroxylation is 1. The van der Waals surface area contributed by atoms with Crippen LogP contribution in [-0.2, 0) is 6.42 Å². The van der Waals surface area contributed by atoms with E-state index in [-0.39, 0.29) is 5.78 Å². The van der Waals surface area contributed by atoms with E-state index in [0.717, 1.165) is 21.3 Å². The standard InChI is InChI=1S/C17H17BrO2/c1-3-20-14-8-9-15(16(18)11-14)17(19)10-13-7-5-4-6-12(13)2/h4-9,11H,3,10H2,1-2H3. The molecule has 0 aliphatic rings. The molecule has 0 unspecified atom stereocenters. The van der Waals surface area contributed by atoms with Gasteiger partial charge in [0.1, 0.15) is 5.75 Å². The molecule has 0 heterocycles. The number of carbonyl (C=O) groups excluding carboxylic acids is 1. The minimum absolute atomic E-state index is 0.106. The van der Waals surface area contributed by atoms with E-state index in [9.17, 15) is 4.79 Å². The molecular weight excluding hydrogens is 316 g/mol. The molecule has 0 N–H and O–H groups in total. The number of Topliss-reactive ketones (excluding diaryl/α,β-unsaturated/α-hetero) is 1. The first-order valence-corrected chi connectivity index (χ1v) is 7.41. The van der Waals surface area contributed by atoms with Gasteiger partial charge in [0.25, 0.3) is 0 Å². The molecular formula is C17H17BrO2. The van der Waals surface area contributed by atoms with Crippen LogP contribution >= 0.6 is 15.9 Å². The van der Waals surface area contributed by atoms with E-state index in [0.29, 0.717) is 18.6 Å². The molecule has 0 amide bonds. The van der Waals surface area contributed by atoms with Crippen molar-refractivity contribution in [3.8, 4) is 5.75 Å². The number of ketones is 1. The van der Waals surface area contributed by atoms with Crippen LogP contribution in [0.15, 0.2) is 46.9 Å². The summed E-state index contributed by atoms with van der Waals surface area (Å²) in [4.78, 5) is 12.4. The fraction of sp³-hybridized carbons (Fsp3) is 0.235. The normalized spacial score (nSPS) is 10.3. The summed E-state index contributed by atoms with van der Waals surface area (Å²) in [5.41, 5.74) is 2.90. The summed E-state index contributed by atoms with van der Waals surface area (Å²) < 4.78 is 6.20. The van der Waals surface area contributed by atoms with Gasteiger partial charge in [-0.1, -0.05) is 24.3 Å². The fourth-order valence-electron chi connectivity index (χ4n) is 2.06. The Morgan fingerprint density at radius 1 is 1.20 bits per heavy atom. The molecule has 0 fully saturated rings. The van der Waals surface area contributed by atoms with Gasteiger partial charge in [-0.25, -0.2) is 0 Å². The van der Waals surface area contributed by atoms with Crippen molar-refractivity contribution in [2.45, 2.75) is 20.3 Å². The lowest BCUT2D eigenvalue weighted by atomic mass is 9.99. The lowest BCUT2D eigenvalue weighted by Crippen LogP contribution is -2.06. The van der Waals surface area contributed by atoms with Crippen molar-refractivity contribution in [2.75, 3.05) is 6.61 Å². The SMILES string of the molecule is CCOc1ccc(C(=O)Cc2ccccc2C)c(Br)c1. The number of ether oxygens (including phenoxy) is 1. The van der Waals surface area contributed by atoms with Gasteiger partial charge in [0, 0.05) is 16.5 Å². The highest BCUT2D eigenvalue weighted by atomic mass is 79.9. The molecule has 0 saturated carbocycles. The zero-order chi connectivity index (χ0) is 14.5. The van der Waals surface area contributed by atoms with Gasteiger partial charge in [-0.2, -0.15) is 0 Å². The van der Waals surface area contributed by atoms with Crippen molar-refractivity contribution in [2.24, 2.45) is 0 Å². The number of halogens is 1. The highest BCUT2D eigenvalue weighted by Gasteiger charge is 2.12. The quantitative estimate of drug-likeness (QED) is 0.749. The fourth-order valence-corrected chi connectivity index (χ4v) is 2.63. The van der Waals surface area contributed by atoms with Crippen molar-refractivity contribution >= 4 is 21.7 Å². The average Bonchev–Trinajstić information content (AvgIpc) is 2.42. The maximum Gasteiger partial charge on any atom is 0.168 e. The zero-order valence-electron chi connectivity index (χ0n) is 11.7. The maximum absolute atomic E-state index is 12.4. The van der Waals surface area contributed by atoms with Gasteiger partial charge in [-0.15, -0.1) is 0 Å². The Morgan fingerprint density at radius 3 is 2.60 bits per heavy atom. The van der Waals surface area contributed by atoms with Crippen LogP contribution in [-0.4, -0.2) is 12.4 Å². The molecule has 0 radical (unpaired) electrons. The molecule has 0 bridgehead atoms. The molecule has 0 aromatic heterocycles. The number of rotatable bonds is 5. The van der Waals surface area contributed by atoms with Gasteiger partial charge < -0.3 is 4.74 Å². The van der Waals surface area contributed by atoms with Crippen LogP contribution in [0.1, 0.15) is 28.4 Å². The molecule has 104 valence electrons. The number of hydrogen-bond acceptors (Lipinski definition) is 2. The van der Waals surface area contributed by atoms with Crippen LogP contribution in [0.5, 0.6) is 5.75 Å². The Morgan fingerprint density at radius 2 is 1.95 bits per heavy atom.